The summed E-state index contributed by atoms with van der Waals surface area (Å²) in [5, 5.41) is 13.0. The van der Waals surface area contributed by atoms with Gasteiger partial charge in [0.25, 0.3) is 11.8 Å². The molecule has 0 atom stereocenters. The molecule has 4 rings (SSSR count). The van der Waals surface area contributed by atoms with Crippen molar-refractivity contribution in [2.45, 2.75) is 13.2 Å². The Morgan fingerprint density at radius 2 is 1.83 bits per heavy atom. The van der Waals surface area contributed by atoms with Crippen LogP contribution in [0.25, 0.3) is 4.96 Å². The number of hydrogen-bond donors (Lipinski definition) is 0. The summed E-state index contributed by atoms with van der Waals surface area (Å²) in [6.45, 7) is 0.407. The maximum absolute atomic E-state index is 12.4. The Morgan fingerprint density at radius 3 is 2.48 bits per heavy atom. The van der Waals surface area contributed by atoms with E-state index in [0.717, 1.165) is 0 Å². The summed E-state index contributed by atoms with van der Waals surface area (Å²) in [5.41, 5.74) is 0.862. The quantitative estimate of drug-likeness (QED) is 0.667. The number of carbonyl (C=O) groups excluding carboxylic acids is 2. The van der Waals surface area contributed by atoms with Crippen LogP contribution in [0.2, 0.25) is 0 Å². The van der Waals surface area contributed by atoms with Crippen molar-refractivity contribution in [3.63, 3.8) is 0 Å². The molecule has 2 amide bonds. The Kier molecular flexibility index (Phi) is 3.17. The Morgan fingerprint density at radius 1 is 1.13 bits per heavy atom. The highest BCUT2D eigenvalue weighted by atomic mass is 32.1. The molecule has 3 heterocycles. The van der Waals surface area contributed by atoms with E-state index in [0.29, 0.717) is 26.9 Å². The Balaban J connectivity index is 1.64. The van der Waals surface area contributed by atoms with Gasteiger partial charge in [-0.05, 0) is 12.1 Å². The second-order valence-electron chi connectivity index (χ2n) is 4.98. The monoisotopic (exact) mass is 329 g/mol. The lowest BCUT2D eigenvalue weighted by molar-refractivity contribution is 0.0641. The predicted octanol–water partition coefficient (Wildman–Crippen LogP) is 1.13. The van der Waals surface area contributed by atoms with Crippen LogP contribution in [0.4, 0.5) is 0 Å². The molecule has 0 bridgehead atoms. The van der Waals surface area contributed by atoms with Gasteiger partial charge in [-0.15, -0.1) is 10.2 Å². The average Bonchev–Trinajstić information content (AvgIpc) is 3.19. The van der Waals surface area contributed by atoms with Crippen molar-refractivity contribution >= 4 is 28.1 Å². The van der Waals surface area contributed by atoms with Gasteiger partial charge in [0, 0.05) is 7.11 Å². The fraction of sp³-hybridized carbons (Fsp3) is 0.214. The lowest BCUT2D eigenvalue weighted by Gasteiger charge is -2.10. The summed E-state index contributed by atoms with van der Waals surface area (Å²) in [4.78, 5) is 26.5. The van der Waals surface area contributed by atoms with Gasteiger partial charge in [-0.25, -0.2) is 0 Å². The largest absolute Gasteiger partial charge is 0.377 e. The Labute approximate surface area is 134 Å². The number of nitrogens with zero attached hydrogens (tertiary/aromatic N) is 5. The molecule has 0 spiro atoms. The molecule has 23 heavy (non-hydrogen) atoms. The second kappa shape index (κ2) is 5.21. The van der Waals surface area contributed by atoms with Crippen LogP contribution in [0.3, 0.4) is 0 Å². The molecule has 0 saturated heterocycles. The highest BCUT2D eigenvalue weighted by Gasteiger charge is 2.35. The lowest BCUT2D eigenvalue weighted by atomic mass is 10.1. The van der Waals surface area contributed by atoms with Crippen LogP contribution < -0.4 is 0 Å². The fourth-order valence-electron chi connectivity index (χ4n) is 2.50. The number of imide groups is 1. The first kappa shape index (κ1) is 14.0. The number of hydrogen-bond acceptors (Lipinski definition) is 7. The van der Waals surface area contributed by atoms with Crippen LogP contribution in [0.1, 0.15) is 31.5 Å². The Bertz CT molecular complexity index is 897. The van der Waals surface area contributed by atoms with Crippen LogP contribution in [-0.2, 0) is 17.9 Å². The van der Waals surface area contributed by atoms with E-state index in [1.807, 2.05) is 0 Å². The summed E-state index contributed by atoms with van der Waals surface area (Å²) < 4.78 is 6.61. The fourth-order valence-corrected chi connectivity index (χ4v) is 3.34. The van der Waals surface area contributed by atoms with E-state index < -0.39 is 0 Å². The number of carbonyl (C=O) groups is 2. The maximum atomic E-state index is 12.4. The van der Waals surface area contributed by atoms with E-state index in [1.165, 1.54) is 16.2 Å². The summed E-state index contributed by atoms with van der Waals surface area (Å²) in [5.74, 6) is -0.0188. The summed E-state index contributed by atoms with van der Waals surface area (Å²) in [6, 6.07) is 6.80. The van der Waals surface area contributed by atoms with Gasteiger partial charge in [-0.3, -0.25) is 14.5 Å². The summed E-state index contributed by atoms with van der Waals surface area (Å²) in [7, 11) is 1.56. The van der Waals surface area contributed by atoms with Gasteiger partial charge < -0.3 is 4.74 Å². The minimum Gasteiger partial charge on any atom is -0.377 e. The molecular formula is C14H11N5O3S. The van der Waals surface area contributed by atoms with Crippen molar-refractivity contribution in [1.29, 1.82) is 0 Å². The van der Waals surface area contributed by atoms with Crippen molar-refractivity contribution < 1.29 is 14.3 Å². The zero-order valence-electron chi connectivity index (χ0n) is 12.1. The van der Waals surface area contributed by atoms with E-state index in [9.17, 15) is 9.59 Å². The number of amides is 2. The number of benzene rings is 1. The highest BCUT2D eigenvalue weighted by Crippen LogP contribution is 2.25. The van der Waals surface area contributed by atoms with E-state index in [1.54, 1.807) is 35.9 Å². The van der Waals surface area contributed by atoms with Crippen molar-refractivity contribution in [1.82, 2.24) is 24.7 Å². The normalized spacial score (nSPS) is 14.0. The second-order valence-corrected chi connectivity index (χ2v) is 6.02. The first-order valence-corrected chi connectivity index (χ1v) is 7.65. The maximum Gasteiger partial charge on any atom is 0.261 e. The number of rotatable bonds is 4. The van der Waals surface area contributed by atoms with Gasteiger partial charge >= 0.3 is 0 Å². The molecule has 0 unspecified atom stereocenters. The molecule has 1 aliphatic rings. The number of aromatic nitrogens is 4. The third-order valence-electron chi connectivity index (χ3n) is 3.54. The van der Waals surface area contributed by atoms with Gasteiger partial charge in [-0.2, -0.15) is 9.61 Å². The van der Waals surface area contributed by atoms with Crippen molar-refractivity contribution in [2.24, 2.45) is 0 Å². The minimum atomic E-state index is -0.298. The molecule has 0 radical (unpaired) electrons. The molecule has 9 heteroatoms. The van der Waals surface area contributed by atoms with Gasteiger partial charge in [0.15, 0.2) is 5.82 Å². The van der Waals surface area contributed by atoms with Gasteiger partial charge in [0.05, 0.1) is 17.7 Å². The highest BCUT2D eigenvalue weighted by molar-refractivity contribution is 7.16. The van der Waals surface area contributed by atoms with Crippen LogP contribution >= 0.6 is 11.3 Å². The van der Waals surface area contributed by atoms with Crippen molar-refractivity contribution in [3.8, 4) is 0 Å². The molecule has 116 valence electrons. The molecule has 3 aromatic rings. The molecule has 1 aliphatic heterocycles. The zero-order chi connectivity index (χ0) is 16.0. The summed E-state index contributed by atoms with van der Waals surface area (Å²) >= 11 is 1.29. The molecule has 0 saturated carbocycles. The number of methoxy groups -OCH3 is 1. The smallest absolute Gasteiger partial charge is 0.261 e. The lowest BCUT2D eigenvalue weighted by Crippen LogP contribution is -2.29. The van der Waals surface area contributed by atoms with E-state index in [4.69, 9.17) is 4.74 Å². The van der Waals surface area contributed by atoms with E-state index in [-0.39, 0.29) is 25.0 Å². The number of fused-ring (bicyclic) bond motifs is 2. The molecule has 0 fully saturated rings. The van der Waals surface area contributed by atoms with Gasteiger partial charge in [0.2, 0.25) is 4.96 Å². The topological polar surface area (TPSA) is 89.7 Å². The predicted molar refractivity (Wildman–Crippen MR) is 80.0 cm³/mol. The average molecular weight is 329 g/mol. The van der Waals surface area contributed by atoms with Crippen LogP contribution in [0.15, 0.2) is 24.3 Å². The molecular weight excluding hydrogens is 318 g/mol. The van der Waals surface area contributed by atoms with Gasteiger partial charge in [0.1, 0.15) is 11.6 Å². The first-order valence-electron chi connectivity index (χ1n) is 6.83. The Hall–Kier alpha value is -2.65. The van der Waals surface area contributed by atoms with Crippen molar-refractivity contribution in [2.75, 3.05) is 7.11 Å². The van der Waals surface area contributed by atoms with E-state index >= 15 is 0 Å². The standard InChI is InChI=1S/C14H11N5O3S/c1-22-7-10-15-16-14-19(10)17-11(23-14)6-18-12(20)8-4-2-3-5-9(8)13(18)21/h2-5H,6-7H2,1H3. The number of ether oxygens (including phenoxy) is 1. The van der Waals surface area contributed by atoms with Gasteiger partial charge in [-0.1, -0.05) is 23.5 Å². The third-order valence-corrected chi connectivity index (χ3v) is 4.43. The third kappa shape index (κ3) is 2.13. The van der Waals surface area contributed by atoms with Crippen molar-refractivity contribution in [3.05, 3.63) is 46.2 Å². The van der Waals surface area contributed by atoms with E-state index in [2.05, 4.69) is 15.3 Å². The molecule has 8 nitrogen and oxygen atoms in total. The van der Waals surface area contributed by atoms with Crippen LogP contribution in [-0.4, -0.2) is 43.6 Å². The molecule has 0 aliphatic carbocycles. The SMILES string of the molecule is COCc1nnc2sc(CN3C(=O)c4ccccc4C3=O)nn12. The minimum absolute atomic E-state index is 0.118. The molecule has 0 N–H and O–H groups in total. The van der Waals surface area contributed by atoms with Crippen LogP contribution in [0.5, 0.6) is 0 Å². The molecule has 1 aromatic carbocycles. The first-order chi connectivity index (χ1) is 11.2. The summed E-state index contributed by atoms with van der Waals surface area (Å²) in [6.07, 6.45) is 0. The zero-order valence-corrected chi connectivity index (χ0v) is 12.9. The van der Waals surface area contributed by atoms with Crippen LogP contribution in [0, 0.1) is 0 Å². The molecule has 2 aromatic heterocycles.